The number of rotatable bonds is 4. The third-order valence-electron chi connectivity index (χ3n) is 5.89. The van der Waals surface area contributed by atoms with Crippen molar-refractivity contribution in [3.8, 4) is 22.4 Å². The molecule has 3 N–H and O–H groups in total. The SMILES string of the molecule is CC(C)c1c(-c2cc(F)cc3[nH]ccc23)[nH]c(C(=O)O)c1-c1c(Cl)ccc2c1C=CC2. The fraction of sp³-hybridized carbons (Fsp3) is 0.160. The predicted molar refractivity (Wildman–Crippen MR) is 122 cm³/mol. The molecule has 2 aromatic heterocycles. The lowest BCUT2D eigenvalue weighted by Crippen LogP contribution is -2.02. The number of aromatic nitrogens is 2. The third-order valence-corrected chi connectivity index (χ3v) is 6.21. The number of carboxylic acids is 1. The van der Waals surface area contributed by atoms with Gasteiger partial charge in [-0.1, -0.05) is 43.7 Å². The minimum Gasteiger partial charge on any atom is -0.477 e. The minimum absolute atomic E-state index is 0.0380. The molecule has 0 fully saturated rings. The van der Waals surface area contributed by atoms with Crippen LogP contribution < -0.4 is 0 Å². The second kappa shape index (κ2) is 7.13. The molecule has 4 aromatic rings. The highest BCUT2D eigenvalue weighted by molar-refractivity contribution is 6.34. The number of hydrogen-bond donors (Lipinski definition) is 3. The Morgan fingerprint density at radius 1 is 1.19 bits per heavy atom. The quantitative estimate of drug-likeness (QED) is 0.323. The van der Waals surface area contributed by atoms with Crippen LogP contribution in [-0.2, 0) is 6.42 Å². The van der Waals surface area contributed by atoms with Crippen LogP contribution in [0.5, 0.6) is 0 Å². The molecule has 0 saturated heterocycles. The van der Waals surface area contributed by atoms with E-state index in [9.17, 15) is 14.3 Å². The summed E-state index contributed by atoms with van der Waals surface area (Å²) in [5.74, 6) is -1.52. The number of carbonyl (C=O) groups is 1. The summed E-state index contributed by atoms with van der Waals surface area (Å²) in [6.07, 6.45) is 6.56. The van der Waals surface area contributed by atoms with Crippen LogP contribution in [0.2, 0.25) is 5.02 Å². The van der Waals surface area contributed by atoms with Crippen molar-refractivity contribution in [1.82, 2.24) is 9.97 Å². The lowest BCUT2D eigenvalue weighted by atomic mass is 9.87. The van der Waals surface area contributed by atoms with Crippen LogP contribution in [0.15, 0.2) is 42.6 Å². The van der Waals surface area contributed by atoms with Crippen LogP contribution >= 0.6 is 11.6 Å². The van der Waals surface area contributed by atoms with Crippen LogP contribution in [0.1, 0.15) is 46.9 Å². The monoisotopic (exact) mass is 434 g/mol. The van der Waals surface area contributed by atoms with Crippen LogP contribution in [-0.4, -0.2) is 21.0 Å². The van der Waals surface area contributed by atoms with Gasteiger partial charge in [0.2, 0.25) is 0 Å². The molecule has 6 heteroatoms. The van der Waals surface area contributed by atoms with E-state index in [0.717, 1.165) is 28.5 Å². The van der Waals surface area contributed by atoms with Crippen molar-refractivity contribution in [2.24, 2.45) is 0 Å². The molecule has 1 aliphatic carbocycles. The normalized spacial score (nSPS) is 12.8. The van der Waals surface area contributed by atoms with Gasteiger partial charge >= 0.3 is 5.97 Å². The Hall–Kier alpha value is -3.31. The molecule has 4 nitrogen and oxygen atoms in total. The molecule has 2 aromatic carbocycles. The van der Waals surface area contributed by atoms with Gasteiger partial charge in [0.15, 0.2) is 0 Å². The van der Waals surface area contributed by atoms with E-state index in [4.69, 9.17) is 11.6 Å². The molecule has 0 unspecified atom stereocenters. The van der Waals surface area contributed by atoms with Crippen LogP contribution in [0.25, 0.3) is 39.4 Å². The first-order valence-electron chi connectivity index (χ1n) is 10.1. The molecule has 1 aliphatic rings. The lowest BCUT2D eigenvalue weighted by Gasteiger charge is -2.16. The van der Waals surface area contributed by atoms with Gasteiger partial charge in [-0.2, -0.15) is 0 Å². The largest absolute Gasteiger partial charge is 0.477 e. The Morgan fingerprint density at radius 3 is 2.74 bits per heavy atom. The number of hydrogen-bond acceptors (Lipinski definition) is 1. The highest BCUT2D eigenvalue weighted by atomic mass is 35.5. The summed E-state index contributed by atoms with van der Waals surface area (Å²) in [5.41, 5.74) is 6.05. The molecule has 0 amide bonds. The zero-order valence-electron chi connectivity index (χ0n) is 17.0. The molecule has 0 aliphatic heterocycles. The smallest absolute Gasteiger partial charge is 0.352 e. The lowest BCUT2D eigenvalue weighted by molar-refractivity contribution is 0.0692. The summed E-state index contributed by atoms with van der Waals surface area (Å²) in [6.45, 7) is 4.00. The van der Waals surface area contributed by atoms with E-state index in [0.29, 0.717) is 32.9 Å². The molecular formula is C25H20ClFN2O2. The van der Waals surface area contributed by atoms with Gasteiger partial charge in [-0.05, 0) is 53.3 Å². The summed E-state index contributed by atoms with van der Waals surface area (Å²) in [6, 6.07) is 8.53. The Kier molecular flexibility index (Phi) is 4.52. The first-order valence-corrected chi connectivity index (χ1v) is 10.5. The molecule has 0 atom stereocenters. The summed E-state index contributed by atoms with van der Waals surface area (Å²) in [4.78, 5) is 18.5. The molecule has 0 saturated carbocycles. The van der Waals surface area contributed by atoms with Crippen molar-refractivity contribution in [1.29, 1.82) is 0 Å². The highest BCUT2D eigenvalue weighted by Crippen LogP contribution is 2.46. The third kappa shape index (κ3) is 3.00. The molecular weight excluding hydrogens is 415 g/mol. The molecule has 156 valence electrons. The van der Waals surface area contributed by atoms with Gasteiger partial charge in [-0.15, -0.1) is 0 Å². The molecule has 31 heavy (non-hydrogen) atoms. The standard InChI is InChI=1S/C25H20ClFN2O2/c1-12(2)20-22(21-15-5-3-4-13(15)6-7-18(21)26)24(25(30)31)29-23(20)17-10-14(27)11-19-16(17)8-9-28-19/h3,5-12,28-29H,4H2,1-2H3,(H,30,31). The van der Waals surface area contributed by atoms with E-state index in [1.165, 1.54) is 12.1 Å². The van der Waals surface area contributed by atoms with Gasteiger partial charge in [-0.25, -0.2) is 9.18 Å². The van der Waals surface area contributed by atoms with Crippen molar-refractivity contribution in [3.05, 3.63) is 75.8 Å². The van der Waals surface area contributed by atoms with E-state index >= 15 is 0 Å². The van der Waals surface area contributed by atoms with E-state index < -0.39 is 11.8 Å². The summed E-state index contributed by atoms with van der Waals surface area (Å²) in [5, 5.41) is 11.4. The Bertz CT molecular complexity index is 1390. The van der Waals surface area contributed by atoms with Gasteiger partial charge < -0.3 is 15.1 Å². The maximum absolute atomic E-state index is 14.4. The number of nitrogens with one attached hydrogen (secondary N) is 2. The average molecular weight is 435 g/mol. The van der Waals surface area contributed by atoms with Gasteiger partial charge in [0.05, 0.1) is 5.69 Å². The highest BCUT2D eigenvalue weighted by Gasteiger charge is 2.30. The first-order chi connectivity index (χ1) is 14.9. The fourth-order valence-electron chi connectivity index (χ4n) is 4.63. The molecule has 0 radical (unpaired) electrons. The molecule has 5 rings (SSSR count). The average Bonchev–Trinajstić information content (AvgIpc) is 3.44. The summed E-state index contributed by atoms with van der Waals surface area (Å²) < 4.78 is 14.4. The van der Waals surface area contributed by atoms with Gasteiger partial charge in [0.1, 0.15) is 11.5 Å². The van der Waals surface area contributed by atoms with Gasteiger partial charge in [0.25, 0.3) is 0 Å². The Morgan fingerprint density at radius 2 is 2.00 bits per heavy atom. The number of H-pyrrole nitrogens is 2. The van der Waals surface area contributed by atoms with Crippen molar-refractivity contribution in [2.45, 2.75) is 26.2 Å². The predicted octanol–water partition coefficient (Wildman–Crippen LogP) is 7.01. The number of halogens is 2. The summed E-state index contributed by atoms with van der Waals surface area (Å²) >= 11 is 6.65. The van der Waals surface area contributed by atoms with Crippen LogP contribution in [0, 0.1) is 5.82 Å². The number of aromatic carboxylic acids is 1. The zero-order valence-corrected chi connectivity index (χ0v) is 17.8. The molecule has 0 bridgehead atoms. The van der Waals surface area contributed by atoms with Crippen molar-refractivity contribution in [2.75, 3.05) is 0 Å². The summed E-state index contributed by atoms with van der Waals surface area (Å²) in [7, 11) is 0. The van der Waals surface area contributed by atoms with Crippen LogP contribution in [0.3, 0.4) is 0 Å². The van der Waals surface area contributed by atoms with E-state index in [1.54, 1.807) is 6.20 Å². The van der Waals surface area contributed by atoms with Crippen molar-refractivity contribution >= 4 is 34.5 Å². The number of carboxylic acid groups (broad SMARTS) is 1. The fourth-order valence-corrected chi connectivity index (χ4v) is 4.88. The second-order valence-corrected chi connectivity index (χ2v) is 8.52. The van der Waals surface area contributed by atoms with Gasteiger partial charge in [-0.3, -0.25) is 0 Å². The van der Waals surface area contributed by atoms with E-state index in [-0.39, 0.29) is 11.6 Å². The number of aromatic amines is 2. The Balaban J connectivity index is 1.91. The van der Waals surface area contributed by atoms with Gasteiger partial charge in [0, 0.05) is 38.8 Å². The van der Waals surface area contributed by atoms with E-state index in [2.05, 4.69) is 9.97 Å². The van der Waals surface area contributed by atoms with E-state index in [1.807, 2.05) is 44.2 Å². The van der Waals surface area contributed by atoms with Crippen LogP contribution in [0.4, 0.5) is 4.39 Å². The minimum atomic E-state index is -1.08. The molecule has 2 heterocycles. The Labute approximate surface area is 183 Å². The number of benzene rings is 2. The molecule has 0 spiro atoms. The second-order valence-electron chi connectivity index (χ2n) is 8.12. The maximum atomic E-state index is 14.4. The first kappa shape index (κ1) is 19.6. The maximum Gasteiger partial charge on any atom is 0.352 e. The number of fused-ring (bicyclic) bond motifs is 2. The van der Waals surface area contributed by atoms with Crippen molar-refractivity contribution in [3.63, 3.8) is 0 Å². The number of allylic oxidation sites excluding steroid dienone is 1. The zero-order chi connectivity index (χ0) is 21.9. The van der Waals surface area contributed by atoms with Crippen molar-refractivity contribution < 1.29 is 14.3 Å². The topological polar surface area (TPSA) is 68.9 Å².